The predicted octanol–water partition coefficient (Wildman–Crippen LogP) is 6.72. The summed E-state index contributed by atoms with van der Waals surface area (Å²) in [5.41, 5.74) is 5.26. The van der Waals surface area contributed by atoms with Crippen LogP contribution in [0.15, 0.2) is 101 Å². The van der Waals surface area contributed by atoms with Gasteiger partial charge >= 0.3 is 0 Å². The van der Waals surface area contributed by atoms with E-state index in [0.29, 0.717) is 11.8 Å². The molecular weight excluding hydrogens is 492 g/mol. The molecule has 3 aromatic carbocycles. The second kappa shape index (κ2) is 10.2. The lowest BCUT2D eigenvalue weighted by molar-refractivity contribution is -0.114. The van der Waals surface area contributed by atoms with Gasteiger partial charge in [0.2, 0.25) is 0 Å². The van der Waals surface area contributed by atoms with Crippen molar-refractivity contribution in [3.8, 4) is 5.75 Å². The molecule has 6 nitrogen and oxygen atoms in total. The number of rotatable bonds is 7. The summed E-state index contributed by atoms with van der Waals surface area (Å²) in [4.78, 5) is 19.1. The normalized spacial score (nSPS) is 16.1. The number of fused-ring (bicyclic) bond motifs is 2. The molecule has 0 fully saturated rings. The molecule has 7 heteroatoms. The molecule has 2 aliphatic rings. The summed E-state index contributed by atoms with van der Waals surface area (Å²) in [6, 6.07) is 26.1. The van der Waals surface area contributed by atoms with Crippen LogP contribution >= 0.6 is 11.8 Å². The number of aliphatic imine (C=N–C) groups is 1. The molecular formula is C31H26N4O2S. The van der Waals surface area contributed by atoms with Gasteiger partial charge < -0.3 is 9.30 Å². The van der Waals surface area contributed by atoms with Gasteiger partial charge in [0.05, 0.1) is 17.9 Å². The first kappa shape index (κ1) is 24.0. The largest absolute Gasteiger partial charge is 0.494 e. The van der Waals surface area contributed by atoms with Gasteiger partial charge in [0.25, 0.3) is 5.91 Å². The molecule has 0 unspecified atom stereocenters. The molecule has 3 heterocycles. The lowest BCUT2D eigenvalue weighted by Crippen LogP contribution is -2.37. The van der Waals surface area contributed by atoms with Crippen LogP contribution in [0.4, 0.5) is 0 Å². The molecule has 0 aliphatic carbocycles. The molecule has 0 saturated carbocycles. The maximum atomic E-state index is 13.0. The minimum Gasteiger partial charge on any atom is -0.494 e. The number of aryl methyl sites for hydroxylation is 2. The molecule has 4 aromatic rings. The highest BCUT2D eigenvalue weighted by molar-refractivity contribution is 8.17. The van der Waals surface area contributed by atoms with Crippen molar-refractivity contribution in [1.82, 2.24) is 9.47 Å². The summed E-state index contributed by atoms with van der Waals surface area (Å²) in [6.07, 6.45) is 4.69. The molecule has 2 aliphatic heterocycles. The van der Waals surface area contributed by atoms with Crippen LogP contribution in [0.25, 0.3) is 22.7 Å². The van der Waals surface area contributed by atoms with Gasteiger partial charge in [0.1, 0.15) is 11.6 Å². The van der Waals surface area contributed by atoms with E-state index in [1.54, 1.807) is 11.0 Å². The van der Waals surface area contributed by atoms with Gasteiger partial charge in [-0.2, -0.15) is 4.99 Å². The number of thioether (sulfide) groups is 1. The van der Waals surface area contributed by atoms with E-state index in [9.17, 15) is 4.79 Å². The molecule has 1 amide bonds. The van der Waals surface area contributed by atoms with Crippen molar-refractivity contribution in [3.05, 3.63) is 113 Å². The quantitative estimate of drug-likeness (QED) is 0.218. The SMILES string of the molecule is Cc1cccc(OCCCn2cc(/C=C3/C(=N)N4C(c5ccccc5)=CSC4=NC3=O)c3ccccc32)c1. The summed E-state index contributed by atoms with van der Waals surface area (Å²) in [5.74, 6) is 0.634. The third-order valence-corrected chi connectivity index (χ3v) is 7.43. The Kier molecular flexibility index (Phi) is 6.43. The zero-order valence-electron chi connectivity index (χ0n) is 20.9. The first-order chi connectivity index (χ1) is 18.6. The average Bonchev–Trinajstić information content (AvgIpc) is 3.51. The number of amides is 1. The Labute approximate surface area is 225 Å². The van der Waals surface area contributed by atoms with E-state index in [1.165, 1.54) is 17.3 Å². The zero-order chi connectivity index (χ0) is 26.1. The van der Waals surface area contributed by atoms with Crippen molar-refractivity contribution in [1.29, 1.82) is 5.41 Å². The number of benzene rings is 3. The van der Waals surface area contributed by atoms with Crippen molar-refractivity contribution in [2.75, 3.05) is 6.61 Å². The Bertz CT molecular complexity index is 1650. The smallest absolute Gasteiger partial charge is 0.283 e. The van der Waals surface area contributed by atoms with Gasteiger partial charge in [-0.25, -0.2) is 0 Å². The van der Waals surface area contributed by atoms with Gasteiger partial charge in [0, 0.05) is 34.6 Å². The van der Waals surface area contributed by atoms with E-state index in [1.807, 2.05) is 72.1 Å². The molecule has 1 aromatic heterocycles. The van der Waals surface area contributed by atoms with Crippen molar-refractivity contribution >= 4 is 51.3 Å². The number of para-hydroxylation sites is 1. The van der Waals surface area contributed by atoms with E-state index in [4.69, 9.17) is 10.1 Å². The fourth-order valence-electron chi connectivity index (χ4n) is 4.78. The summed E-state index contributed by atoms with van der Waals surface area (Å²) in [6.45, 7) is 3.43. The van der Waals surface area contributed by atoms with Gasteiger partial charge in [-0.15, -0.1) is 0 Å². The lowest BCUT2D eigenvalue weighted by Gasteiger charge is -2.26. The maximum Gasteiger partial charge on any atom is 0.283 e. The van der Waals surface area contributed by atoms with Crippen LogP contribution in [0.1, 0.15) is 23.1 Å². The van der Waals surface area contributed by atoms with Crippen molar-refractivity contribution in [3.63, 3.8) is 0 Å². The molecule has 0 radical (unpaired) electrons. The van der Waals surface area contributed by atoms with Crippen LogP contribution in [0.2, 0.25) is 0 Å². The number of nitrogens with one attached hydrogen (secondary N) is 1. The van der Waals surface area contributed by atoms with E-state index < -0.39 is 0 Å². The molecule has 6 rings (SSSR count). The number of hydrogen-bond donors (Lipinski definition) is 1. The van der Waals surface area contributed by atoms with Crippen LogP contribution < -0.4 is 4.74 Å². The third kappa shape index (κ3) is 4.57. The van der Waals surface area contributed by atoms with Gasteiger partial charge in [-0.1, -0.05) is 72.4 Å². The number of carbonyl (C=O) groups is 1. The third-order valence-electron chi connectivity index (χ3n) is 6.60. The van der Waals surface area contributed by atoms with Crippen molar-refractivity contribution < 1.29 is 9.53 Å². The van der Waals surface area contributed by atoms with E-state index in [2.05, 4.69) is 34.8 Å². The number of ether oxygens (including phenoxy) is 1. The van der Waals surface area contributed by atoms with Gasteiger partial charge in [-0.05, 0) is 48.7 Å². The summed E-state index contributed by atoms with van der Waals surface area (Å²) < 4.78 is 8.13. The van der Waals surface area contributed by atoms with Crippen LogP contribution in [-0.2, 0) is 11.3 Å². The Morgan fingerprint density at radius 2 is 1.84 bits per heavy atom. The highest BCUT2D eigenvalue weighted by atomic mass is 32.2. The fraction of sp³-hybridized carbons (Fsp3) is 0.129. The number of amidine groups is 2. The summed E-state index contributed by atoms with van der Waals surface area (Å²) >= 11 is 1.37. The number of nitrogens with zero attached hydrogens (tertiary/aromatic N) is 3. The van der Waals surface area contributed by atoms with E-state index >= 15 is 0 Å². The van der Waals surface area contributed by atoms with Crippen LogP contribution in [0.3, 0.4) is 0 Å². The predicted molar refractivity (Wildman–Crippen MR) is 155 cm³/mol. The first-order valence-electron chi connectivity index (χ1n) is 12.5. The molecule has 0 spiro atoms. The Morgan fingerprint density at radius 1 is 1.03 bits per heavy atom. The molecule has 0 saturated heterocycles. The Balaban J connectivity index is 1.26. The number of carbonyl (C=O) groups excluding carboxylic acids is 1. The number of aromatic nitrogens is 1. The average molecular weight is 519 g/mol. The van der Waals surface area contributed by atoms with Crippen LogP contribution in [0.5, 0.6) is 5.75 Å². The molecule has 1 N–H and O–H groups in total. The second-order valence-electron chi connectivity index (χ2n) is 9.24. The first-order valence-corrected chi connectivity index (χ1v) is 13.4. The fourth-order valence-corrected chi connectivity index (χ4v) is 5.66. The minimum atomic E-state index is -0.389. The summed E-state index contributed by atoms with van der Waals surface area (Å²) in [7, 11) is 0. The second-order valence-corrected chi connectivity index (χ2v) is 10.1. The van der Waals surface area contributed by atoms with Crippen LogP contribution in [-0.4, -0.2) is 33.0 Å². The molecule has 188 valence electrons. The standard InChI is InChI=1S/C31H26N4O2S/c1-21-9-7-12-24(17-21)37-16-8-15-34-19-23(25-13-5-6-14-27(25)34)18-26-29(32)35-28(22-10-3-2-4-11-22)20-38-31(35)33-30(26)36/h2-7,9-14,17-20,32H,8,15-16H2,1H3/b26-18-,32-29?. The van der Waals surface area contributed by atoms with Gasteiger partial charge in [-0.3, -0.25) is 15.1 Å². The minimum absolute atomic E-state index is 0.142. The highest BCUT2D eigenvalue weighted by Gasteiger charge is 2.36. The van der Waals surface area contributed by atoms with E-state index in [-0.39, 0.29) is 17.3 Å². The zero-order valence-corrected chi connectivity index (χ0v) is 21.7. The molecule has 0 bridgehead atoms. The number of hydrogen-bond acceptors (Lipinski definition) is 4. The summed E-state index contributed by atoms with van der Waals surface area (Å²) in [5, 5.41) is 12.5. The lowest BCUT2D eigenvalue weighted by atomic mass is 10.1. The molecule has 0 atom stereocenters. The monoisotopic (exact) mass is 518 g/mol. The Hall–Kier alpha value is -4.36. The Morgan fingerprint density at radius 3 is 2.68 bits per heavy atom. The van der Waals surface area contributed by atoms with Gasteiger partial charge in [0.15, 0.2) is 5.17 Å². The van der Waals surface area contributed by atoms with Crippen molar-refractivity contribution in [2.45, 2.75) is 19.9 Å². The van der Waals surface area contributed by atoms with Crippen LogP contribution in [0, 0.1) is 12.3 Å². The van der Waals surface area contributed by atoms with E-state index in [0.717, 1.165) is 46.4 Å². The molecule has 38 heavy (non-hydrogen) atoms. The maximum absolute atomic E-state index is 13.0. The van der Waals surface area contributed by atoms with Crippen molar-refractivity contribution in [2.24, 2.45) is 4.99 Å². The highest BCUT2D eigenvalue weighted by Crippen LogP contribution is 2.37. The topological polar surface area (TPSA) is 70.7 Å².